The fraction of sp³-hybridized carbons (Fsp3) is 0.429. The molecule has 0 aliphatic heterocycles. The Kier molecular flexibility index (Phi) is 5.72. The van der Waals surface area contributed by atoms with Crippen LogP contribution >= 0.6 is 33.9 Å². The molecule has 1 aromatic heterocycles. The minimum absolute atomic E-state index is 0.326. The molecule has 0 bridgehead atoms. The molecule has 1 aromatic carbocycles. The van der Waals surface area contributed by atoms with Crippen molar-refractivity contribution in [1.82, 2.24) is 15.5 Å². The summed E-state index contributed by atoms with van der Waals surface area (Å²) in [5.41, 5.74) is 1.18. The first-order valence-electron chi connectivity index (χ1n) is 6.58. The lowest BCUT2D eigenvalue weighted by atomic mass is 10.2. The first-order chi connectivity index (χ1) is 9.26. The molecular weight excluding hydrogens is 369 g/mol. The van der Waals surface area contributed by atoms with Crippen LogP contribution in [0.3, 0.4) is 0 Å². The van der Waals surface area contributed by atoms with Gasteiger partial charge in [0.2, 0.25) is 0 Å². The lowest BCUT2D eigenvalue weighted by Crippen LogP contribution is -2.21. The monoisotopic (exact) mass is 387 g/mol. The van der Waals surface area contributed by atoms with Crippen LogP contribution < -0.4 is 5.32 Å². The molecule has 2 aromatic rings. The molecule has 0 radical (unpaired) electrons. The van der Waals surface area contributed by atoms with Gasteiger partial charge in [0.25, 0.3) is 0 Å². The van der Waals surface area contributed by atoms with Gasteiger partial charge in [0, 0.05) is 9.13 Å². The maximum Gasteiger partial charge on any atom is 0.148 e. The lowest BCUT2D eigenvalue weighted by Gasteiger charge is -2.12. The van der Waals surface area contributed by atoms with Crippen LogP contribution in [-0.4, -0.2) is 16.7 Å². The molecule has 0 saturated heterocycles. The minimum Gasteiger partial charge on any atom is -0.308 e. The van der Waals surface area contributed by atoms with E-state index in [4.69, 9.17) is 0 Å². The lowest BCUT2D eigenvalue weighted by molar-refractivity contribution is 0.513. The van der Waals surface area contributed by atoms with Gasteiger partial charge in [-0.15, -0.1) is 10.2 Å². The zero-order valence-electron chi connectivity index (χ0n) is 11.2. The van der Waals surface area contributed by atoms with Crippen LogP contribution in [0.5, 0.6) is 0 Å². The maximum atomic E-state index is 4.36. The van der Waals surface area contributed by atoms with Crippen LogP contribution in [0.15, 0.2) is 24.3 Å². The topological polar surface area (TPSA) is 37.8 Å². The second-order valence-electron chi connectivity index (χ2n) is 4.34. The zero-order chi connectivity index (χ0) is 13.7. The van der Waals surface area contributed by atoms with E-state index in [-0.39, 0.29) is 0 Å². The van der Waals surface area contributed by atoms with Gasteiger partial charge in [-0.3, -0.25) is 0 Å². The average molecular weight is 387 g/mol. The van der Waals surface area contributed by atoms with E-state index in [9.17, 15) is 0 Å². The van der Waals surface area contributed by atoms with E-state index < -0.39 is 0 Å². The minimum atomic E-state index is 0.326. The van der Waals surface area contributed by atoms with Crippen molar-refractivity contribution in [2.75, 3.05) is 6.54 Å². The molecule has 0 aliphatic carbocycles. The Labute approximate surface area is 132 Å². The van der Waals surface area contributed by atoms with E-state index in [1.807, 2.05) is 12.1 Å². The fourth-order valence-electron chi connectivity index (χ4n) is 1.84. The number of nitrogens with zero attached hydrogens (tertiary/aromatic N) is 2. The molecule has 1 atom stereocenters. The van der Waals surface area contributed by atoms with E-state index in [2.05, 4.69) is 64.1 Å². The summed E-state index contributed by atoms with van der Waals surface area (Å²) in [6.45, 7) is 5.38. The number of aromatic nitrogens is 2. The van der Waals surface area contributed by atoms with E-state index >= 15 is 0 Å². The Morgan fingerprint density at radius 2 is 2.05 bits per heavy atom. The number of hydrogen-bond acceptors (Lipinski definition) is 4. The maximum absolute atomic E-state index is 4.36. The predicted octanol–water partition coefficient (Wildman–Crippen LogP) is 4.26. The molecule has 0 spiro atoms. The van der Waals surface area contributed by atoms with E-state index in [0.29, 0.717) is 6.04 Å². The van der Waals surface area contributed by atoms with Crippen LogP contribution in [0.2, 0.25) is 0 Å². The summed E-state index contributed by atoms with van der Waals surface area (Å²) < 4.78 is 1.22. The summed E-state index contributed by atoms with van der Waals surface area (Å²) in [6.07, 6.45) is 2.18. The highest BCUT2D eigenvalue weighted by Crippen LogP contribution is 2.30. The van der Waals surface area contributed by atoms with Gasteiger partial charge in [-0.25, -0.2) is 0 Å². The van der Waals surface area contributed by atoms with E-state index in [1.165, 1.54) is 9.13 Å². The Bertz CT molecular complexity index is 527. The molecule has 2 rings (SSSR count). The molecule has 1 N–H and O–H groups in total. The Morgan fingerprint density at radius 1 is 1.26 bits per heavy atom. The smallest absolute Gasteiger partial charge is 0.148 e. The molecular formula is C14H18IN3S. The number of benzene rings is 1. The van der Waals surface area contributed by atoms with Crippen molar-refractivity contribution in [3.8, 4) is 10.6 Å². The molecule has 1 unspecified atom stereocenters. The molecule has 0 amide bonds. The third-order valence-corrected chi connectivity index (χ3v) is 4.90. The second-order valence-corrected chi connectivity index (χ2v) is 6.51. The van der Waals surface area contributed by atoms with Crippen molar-refractivity contribution in [2.45, 2.75) is 32.7 Å². The highest BCUT2D eigenvalue weighted by Gasteiger charge is 2.15. The fourth-order valence-corrected chi connectivity index (χ4v) is 3.71. The molecule has 0 aliphatic rings. The molecule has 19 heavy (non-hydrogen) atoms. The molecule has 0 fully saturated rings. The Hall–Kier alpha value is -0.530. The molecule has 3 nitrogen and oxygen atoms in total. The van der Waals surface area contributed by atoms with E-state index in [0.717, 1.165) is 29.4 Å². The van der Waals surface area contributed by atoms with Crippen molar-refractivity contribution in [3.05, 3.63) is 32.8 Å². The Balaban J connectivity index is 2.21. The first kappa shape index (κ1) is 14.9. The van der Waals surface area contributed by atoms with Crippen LogP contribution in [0, 0.1) is 3.57 Å². The molecule has 5 heteroatoms. The van der Waals surface area contributed by atoms with Gasteiger partial charge >= 0.3 is 0 Å². The largest absolute Gasteiger partial charge is 0.308 e. The summed E-state index contributed by atoms with van der Waals surface area (Å²) in [5.74, 6) is 0. The van der Waals surface area contributed by atoms with Crippen molar-refractivity contribution >= 4 is 33.9 Å². The second kappa shape index (κ2) is 7.31. The number of halogens is 1. The summed E-state index contributed by atoms with van der Waals surface area (Å²) in [4.78, 5) is 0. The SMILES string of the molecule is CCCNC(CC)c1nnc(-c2ccccc2I)s1. The summed E-state index contributed by atoms with van der Waals surface area (Å²) in [5, 5.41) is 14.3. The highest BCUT2D eigenvalue weighted by molar-refractivity contribution is 14.1. The highest BCUT2D eigenvalue weighted by atomic mass is 127. The van der Waals surface area contributed by atoms with Crippen molar-refractivity contribution < 1.29 is 0 Å². The first-order valence-corrected chi connectivity index (χ1v) is 8.47. The normalized spacial score (nSPS) is 12.6. The molecule has 1 heterocycles. The third kappa shape index (κ3) is 3.73. The average Bonchev–Trinajstić information content (AvgIpc) is 2.90. The van der Waals surface area contributed by atoms with Crippen LogP contribution in [-0.2, 0) is 0 Å². The third-order valence-electron chi connectivity index (χ3n) is 2.89. The van der Waals surface area contributed by atoms with Crippen molar-refractivity contribution in [2.24, 2.45) is 0 Å². The Morgan fingerprint density at radius 3 is 2.74 bits per heavy atom. The van der Waals surface area contributed by atoms with Gasteiger partial charge < -0.3 is 5.32 Å². The summed E-state index contributed by atoms with van der Waals surface area (Å²) in [7, 11) is 0. The quantitative estimate of drug-likeness (QED) is 0.753. The predicted molar refractivity (Wildman–Crippen MR) is 89.4 cm³/mol. The van der Waals surface area contributed by atoms with Gasteiger partial charge in [0.05, 0.1) is 6.04 Å². The van der Waals surface area contributed by atoms with Crippen LogP contribution in [0.25, 0.3) is 10.6 Å². The van der Waals surface area contributed by atoms with Crippen LogP contribution in [0.1, 0.15) is 37.7 Å². The summed E-state index contributed by atoms with van der Waals surface area (Å²) >= 11 is 4.04. The zero-order valence-corrected chi connectivity index (χ0v) is 14.2. The number of rotatable bonds is 6. The summed E-state index contributed by atoms with van der Waals surface area (Å²) in [6, 6.07) is 8.62. The van der Waals surface area contributed by atoms with Gasteiger partial charge in [0.15, 0.2) is 0 Å². The van der Waals surface area contributed by atoms with Gasteiger partial charge in [-0.1, -0.05) is 43.4 Å². The van der Waals surface area contributed by atoms with E-state index in [1.54, 1.807) is 11.3 Å². The standard InChI is InChI=1S/C14H18IN3S/c1-3-9-16-12(4-2)14-18-17-13(19-14)10-7-5-6-8-11(10)15/h5-8,12,16H,3-4,9H2,1-2H3. The molecule has 0 saturated carbocycles. The van der Waals surface area contributed by atoms with Gasteiger partial charge in [0.1, 0.15) is 10.0 Å². The van der Waals surface area contributed by atoms with Crippen molar-refractivity contribution in [1.29, 1.82) is 0 Å². The van der Waals surface area contributed by atoms with Crippen molar-refractivity contribution in [3.63, 3.8) is 0 Å². The number of hydrogen-bond donors (Lipinski definition) is 1. The number of nitrogens with one attached hydrogen (secondary N) is 1. The van der Waals surface area contributed by atoms with Gasteiger partial charge in [-0.05, 0) is 48.0 Å². The van der Waals surface area contributed by atoms with Gasteiger partial charge in [-0.2, -0.15) is 0 Å². The molecule has 102 valence electrons. The van der Waals surface area contributed by atoms with Crippen LogP contribution in [0.4, 0.5) is 0 Å².